The second-order valence-electron chi connectivity index (χ2n) is 10.7. The van der Waals surface area contributed by atoms with Gasteiger partial charge in [-0.15, -0.1) is 0 Å². The number of para-hydroxylation sites is 1. The van der Waals surface area contributed by atoms with E-state index in [1.54, 1.807) is 7.11 Å². The summed E-state index contributed by atoms with van der Waals surface area (Å²) in [6.07, 6.45) is 1.84. The van der Waals surface area contributed by atoms with Crippen LogP contribution in [0.25, 0.3) is 5.69 Å². The number of benzene rings is 3. The molecule has 0 bridgehead atoms. The van der Waals surface area contributed by atoms with Crippen molar-refractivity contribution in [3.63, 3.8) is 0 Å². The lowest BCUT2D eigenvalue weighted by atomic mass is 9.96. The normalized spacial score (nSPS) is 16.4. The molecule has 2 aromatic heterocycles. The van der Waals surface area contributed by atoms with E-state index in [1.807, 2.05) is 54.7 Å². The summed E-state index contributed by atoms with van der Waals surface area (Å²) >= 11 is 5.99. The first-order valence-corrected chi connectivity index (χ1v) is 14.4. The highest BCUT2D eigenvalue weighted by Crippen LogP contribution is 2.44. The Balaban J connectivity index is 1.41. The largest absolute Gasteiger partial charge is 0.497 e. The summed E-state index contributed by atoms with van der Waals surface area (Å²) in [5, 5.41) is 4.26. The van der Waals surface area contributed by atoms with Crippen molar-refractivity contribution in [2.24, 2.45) is 0 Å². The molecule has 0 amide bonds. The maximum atomic E-state index is 6.10. The van der Waals surface area contributed by atoms with Gasteiger partial charge in [-0.25, -0.2) is 0 Å². The van der Waals surface area contributed by atoms with Crippen LogP contribution in [-0.4, -0.2) is 21.8 Å². The molecule has 0 saturated carbocycles. The van der Waals surface area contributed by atoms with Gasteiger partial charge in [0.1, 0.15) is 17.2 Å². The minimum atomic E-state index is -0.124. The Morgan fingerprint density at radius 2 is 1.43 bits per heavy atom. The number of pyridine rings is 1. The van der Waals surface area contributed by atoms with Crippen molar-refractivity contribution in [1.29, 1.82) is 0 Å². The molecule has 1 fully saturated rings. The molecule has 0 spiro atoms. The summed E-state index contributed by atoms with van der Waals surface area (Å²) in [4.78, 5) is 6.94. The van der Waals surface area contributed by atoms with Gasteiger partial charge in [-0.2, -0.15) is 0 Å². The number of ether oxygens (including phenoxy) is 2. The summed E-state index contributed by atoms with van der Waals surface area (Å²) in [6, 6.07) is 30.2. The Morgan fingerprint density at radius 3 is 2.05 bits per heavy atom. The van der Waals surface area contributed by atoms with E-state index < -0.39 is 0 Å². The highest BCUT2D eigenvalue weighted by Gasteiger charge is 2.42. The minimum Gasteiger partial charge on any atom is -0.497 e. The Kier molecular flexibility index (Phi) is 7.43. The van der Waals surface area contributed by atoms with Gasteiger partial charge < -0.3 is 24.3 Å². The van der Waals surface area contributed by atoms with Gasteiger partial charge in [0.15, 0.2) is 5.11 Å². The fourth-order valence-corrected chi connectivity index (χ4v) is 6.34. The van der Waals surface area contributed by atoms with Crippen molar-refractivity contribution in [3.05, 3.63) is 131 Å². The van der Waals surface area contributed by atoms with E-state index in [2.05, 4.69) is 84.9 Å². The molecular weight excluding hydrogens is 540 g/mol. The van der Waals surface area contributed by atoms with E-state index in [1.165, 1.54) is 33.8 Å². The van der Waals surface area contributed by atoms with Crippen LogP contribution in [0.15, 0.2) is 97.2 Å². The topological polar surface area (TPSA) is 51.6 Å². The molecule has 3 heterocycles. The van der Waals surface area contributed by atoms with E-state index in [-0.39, 0.29) is 12.1 Å². The second kappa shape index (κ2) is 11.3. The van der Waals surface area contributed by atoms with E-state index in [4.69, 9.17) is 26.7 Å². The zero-order chi connectivity index (χ0) is 29.4. The van der Waals surface area contributed by atoms with E-state index >= 15 is 0 Å². The molecule has 6 rings (SSSR count). The monoisotopic (exact) mass is 574 g/mol. The standard InChI is InChI=1S/C35H34N4O2S/c1-22-9-8-10-23(2)33(22)38-24(3)21-30(25(38)4)34-32(31-11-6-7-20-36-31)37-35(42)39(34)26-12-14-28(15-13-26)41-29-18-16-27(40-5)17-19-29/h6-21,32,34H,1-5H3,(H,37,42)/t32-,34+/m1/s1. The third kappa shape index (κ3) is 5.01. The Hall–Kier alpha value is -4.62. The van der Waals surface area contributed by atoms with Crippen molar-refractivity contribution < 1.29 is 9.47 Å². The molecule has 6 nitrogen and oxygen atoms in total. The quantitative estimate of drug-likeness (QED) is 0.198. The van der Waals surface area contributed by atoms with Crippen LogP contribution in [0.3, 0.4) is 0 Å². The Morgan fingerprint density at radius 1 is 0.786 bits per heavy atom. The smallest absolute Gasteiger partial charge is 0.174 e. The summed E-state index contributed by atoms with van der Waals surface area (Å²) in [7, 11) is 1.65. The second-order valence-corrected chi connectivity index (χ2v) is 11.1. The molecule has 0 unspecified atom stereocenters. The van der Waals surface area contributed by atoms with Crippen LogP contribution in [0.4, 0.5) is 5.69 Å². The number of nitrogens with zero attached hydrogens (tertiary/aromatic N) is 3. The van der Waals surface area contributed by atoms with E-state index in [9.17, 15) is 0 Å². The number of hydrogen-bond donors (Lipinski definition) is 1. The van der Waals surface area contributed by atoms with Crippen molar-refractivity contribution in [1.82, 2.24) is 14.9 Å². The van der Waals surface area contributed by atoms with Crippen LogP contribution >= 0.6 is 12.2 Å². The van der Waals surface area contributed by atoms with Crippen molar-refractivity contribution in [2.45, 2.75) is 39.8 Å². The molecule has 5 aromatic rings. The van der Waals surface area contributed by atoms with E-state index in [0.717, 1.165) is 28.6 Å². The van der Waals surface area contributed by atoms with Crippen molar-refractivity contribution in [3.8, 4) is 22.9 Å². The third-order valence-electron chi connectivity index (χ3n) is 7.96. The van der Waals surface area contributed by atoms with Crippen LogP contribution in [-0.2, 0) is 0 Å². The lowest BCUT2D eigenvalue weighted by molar-refractivity contribution is 0.413. The number of nitrogens with one attached hydrogen (secondary N) is 1. The first kappa shape index (κ1) is 27.5. The SMILES string of the molecule is COc1ccc(Oc2ccc(N3C(=S)N[C@H](c4ccccn4)[C@@H]3c3cc(C)n(-c4c(C)cccc4C)c3C)cc2)cc1. The number of anilines is 1. The predicted molar refractivity (Wildman–Crippen MR) is 172 cm³/mol. The molecule has 1 aliphatic heterocycles. The zero-order valence-electron chi connectivity index (χ0n) is 24.5. The van der Waals surface area contributed by atoms with Gasteiger partial charge >= 0.3 is 0 Å². The van der Waals surface area contributed by atoms with Gasteiger partial charge in [0.25, 0.3) is 0 Å². The van der Waals surface area contributed by atoms with Gasteiger partial charge in [-0.3, -0.25) is 4.98 Å². The van der Waals surface area contributed by atoms with E-state index in [0.29, 0.717) is 5.11 Å². The first-order chi connectivity index (χ1) is 20.4. The molecule has 1 N–H and O–H groups in total. The molecular formula is C35H34N4O2S. The average Bonchev–Trinajstić information content (AvgIpc) is 3.49. The van der Waals surface area contributed by atoms with Crippen LogP contribution in [0, 0.1) is 27.7 Å². The summed E-state index contributed by atoms with van der Waals surface area (Å²) < 4.78 is 13.7. The Bertz CT molecular complexity index is 1710. The van der Waals surface area contributed by atoms with Gasteiger partial charge in [0, 0.05) is 23.3 Å². The predicted octanol–water partition coefficient (Wildman–Crippen LogP) is 8.08. The molecule has 7 heteroatoms. The van der Waals surface area contributed by atoms with Crippen LogP contribution < -0.4 is 19.7 Å². The van der Waals surface area contributed by atoms with Gasteiger partial charge in [0.2, 0.25) is 0 Å². The van der Waals surface area contributed by atoms with Gasteiger partial charge in [0.05, 0.1) is 30.6 Å². The summed E-state index contributed by atoms with van der Waals surface area (Å²) in [6.45, 7) is 8.72. The lowest BCUT2D eigenvalue weighted by Gasteiger charge is -2.28. The molecule has 2 atom stereocenters. The van der Waals surface area contributed by atoms with Gasteiger partial charge in [-0.05, 0) is 123 Å². The Labute approximate surface area is 252 Å². The summed E-state index contributed by atoms with van der Waals surface area (Å²) in [5.74, 6) is 2.28. The third-order valence-corrected chi connectivity index (χ3v) is 8.27. The maximum Gasteiger partial charge on any atom is 0.174 e. The number of aryl methyl sites for hydroxylation is 3. The van der Waals surface area contributed by atoms with Crippen molar-refractivity contribution >= 4 is 23.0 Å². The highest BCUT2D eigenvalue weighted by molar-refractivity contribution is 7.80. The molecule has 0 aliphatic carbocycles. The number of aromatic nitrogens is 2. The fraction of sp³-hybridized carbons (Fsp3) is 0.200. The number of methoxy groups -OCH3 is 1. The molecule has 1 aliphatic rings. The fourth-order valence-electron chi connectivity index (χ4n) is 5.99. The van der Waals surface area contributed by atoms with Crippen LogP contribution in [0.1, 0.15) is 45.9 Å². The highest BCUT2D eigenvalue weighted by atomic mass is 32.1. The van der Waals surface area contributed by atoms with Crippen molar-refractivity contribution in [2.75, 3.05) is 12.0 Å². The van der Waals surface area contributed by atoms with Crippen LogP contribution in [0.2, 0.25) is 0 Å². The maximum absolute atomic E-state index is 6.10. The molecule has 1 saturated heterocycles. The first-order valence-electron chi connectivity index (χ1n) is 14.0. The summed E-state index contributed by atoms with van der Waals surface area (Å²) in [5.41, 5.74) is 9.22. The molecule has 3 aromatic carbocycles. The number of hydrogen-bond acceptors (Lipinski definition) is 4. The lowest BCUT2D eigenvalue weighted by Crippen LogP contribution is -2.29. The average molecular weight is 575 g/mol. The zero-order valence-corrected chi connectivity index (χ0v) is 25.3. The van der Waals surface area contributed by atoms with Gasteiger partial charge in [-0.1, -0.05) is 24.3 Å². The molecule has 42 heavy (non-hydrogen) atoms. The molecule has 0 radical (unpaired) electrons. The minimum absolute atomic E-state index is 0.106. The van der Waals surface area contributed by atoms with Crippen LogP contribution in [0.5, 0.6) is 17.2 Å². The number of rotatable bonds is 7. The molecule has 212 valence electrons. The number of thiocarbonyl (C=S) groups is 1.